The van der Waals surface area contributed by atoms with Crippen LogP contribution in [0.15, 0.2) is 0 Å². The van der Waals surface area contributed by atoms with Gasteiger partial charge in [0.25, 0.3) is 0 Å². The molecule has 6 heteroatoms. The van der Waals surface area contributed by atoms with Gasteiger partial charge < -0.3 is 14.2 Å². The first kappa shape index (κ1) is 56.4. The lowest BCUT2D eigenvalue weighted by atomic mass is 10.0. The number of esters is 3. The normalized spacial score (nSPS) is 12.1. The van der Waals surface area contributed by atoms with Crippen LogP contribution in [0.2, 0.25) is 0 Å². The van der Waals surface area contributed by atoms with Crippen molar-refractivity contribution in [1.82, 2.24) is 0 Å². The number of hydrogen-bond donors (Lipinski definition) is 0. The fourth-order valence-corrected chi connectivity index (χ4v) is 7.81. The first-order chi connectivity index (χ1) is 28.2. The largest absolute Gasteiger partial charge is 0.462 e. The molecule has 0 saturated heterocycles. The van der Waals surface area contributed by atoms with Gasteiger partial charge in [0.15, 0.2) is 6.10 Å². The molecule has 0 aromatic carbocycles. The molecule has 0 heterocycles. The topological polar surface area (TPSA) is 78.9 Å². The van der Waals surface area contributed by atoms with Gasteiger partial charge in [-0.2, -0.15) is 0 Å². The Hall–Kier alpha value is -1.59. The van der Waals surface area contributed by atoms with Crippen molar-refractivity contribution in [2.45, 2.75) is 291 Å². The molecular weight excluding hydrogens is 721 g/mol. The van der Waals surface area contributed by atoms with Crippen LogP contribution in [0.4, 0.5) is 0 Å². The average molecular weight is 821 g/mol. The maximum absolute atomic E-state index is 12.8. The van der Waals surface area contributed by atoms with E-state index < -0.39 is 6.10 Å². The molecule has 0 aliphatic heterocycles. The minimum atomic E-state index is -0.762. The highest BCUT2D eigenvalue weighted by molar-refractivity contribution is 5.71. The summed E-state index contributed by atoms with van der Waals surface area (Å²) in [6.07, 6.45) is 45.3. The molecule has 1 atom stereocenters. The third kappa shape index (κ3) is 45.5. The zero-order valence-corrected chi connectivity index (χ0v) is 39.7. The van der Waals surface area contributed by atoms with E-state index in [2.05, 4.69) is 34.6 Å². The number of unbranched alkanes of at least 4 members (excludes halogenated alkanes) is 31. The molecule has 6 nitrogen and oxygen atoms in total. The molecule has 0 aliphatic rings. The predicted octanol–water partition coefficient (Wildman–Crippen LogP) is 16.5. The zero-order valence-electron chi connectivity index (χ0n) is 39.7. The number of carbonyl (C=O) groups excluding carboxylic acids is 3. The van der Waals surface area contributed by atoms with Gasteiger partial charge in [-0.25, -0.2) is 0 Å². The predicted molar refractivity (Wildman–Crippen MR) is 247 cm³/mol. The van der Waals surface area contributed by atoms with Crippen LogP contribution >= 0.6 is 0 Å². The van der Waals surface area contributed by atoms with Crippen LogP contribution in [0.1, 0.15) is 285 Å². The lowest BCUT2D eigenvalue weighted by molar-refractivity contribution is -0.167. The van der Waals surface area contributed by atoms with Crippen molar-refractivity contribution >= 4 is 17.9 Å². The third-order valence-electron chi connectivity index (χ3n) is 11.7. The molecule has 0 amide bonds. The van der Waals surface area contributed by atoms with Crippen molar-refractivity contribution in [1.29, 1.82) is 0 Å². The SMILES string of the molecule is CCCCCCCCCCCCCCCCCCCC(=O)O[C@@H](COC(=O)CCCCCCCCCCCCCC(C)C)COC(=O)CCCCCCCCC(C)C. The number of carbonyl (C=O) groups is 3. The molecule has 0 aliphatic carbocycles. The van der Waals surface area contributed by atoms with Gasteiger partial charge >= 0.3 is 17.9 Å². The summed E-state index contributed by atoms with van der Waals surface area (Å²) in [4.78, 5) is 37.9. The Bertz CT molecular complexity index is 885. The smallest absolute Gasteiger partial charge is 0.306 e. The maximum atomic E-state index is 12.8. The van der Waals surface area contributed by atoms with Crippen molar-refractivity contribution in [3.8, 4) is 0 Å². The van der Waals surface area contributed by atoms with E-state index >= 15 is 0 Å². The number of rotatable bonds is 46. The first-order valence-corrected chi connectivity index (χ1v) is 25.7. The van der Waals surface area contributed by atoms with Crippen molar-refractivity contribution < 1.29 is 28.6 Å². The van der Waals surface area contributed by atoms with E-state index in [0.717, 1.165) is 69.6 Å². The van der Waals surface area contributed by atoms with Gasteiger partial charge in [0.2, 0.25) is 0 Å². The van der Waals surface area contributed by atoms with Crippen LogP contribution in [-0.2, 0) is 28.6 Å². The highest BCUT2D eigenvalue weighted by atomic mass is 16.6. The van der Waals surface area contributed by atoms with Gasteiger partial charge in [-0.1, -0.05) is 247 Å². The minimum absolute atomic E-state index is 0.0647. The monoisotopic (exact) mass is 821 g/mol. The van der Waals surface area contributed by atoms with Gasteiger partial charge in [0.1, 0.15) is 13.2 Å². The van der Waals surface area contributed by atoms with Crippen LogP contribution in [0.5, 0.6) is 0 Å². The van der Waals surface area contributed by atoms with Gasteiger partial charge in [-0.3, -0.25) is 14.4 Å². The van der Waals surface area contributed by atoms with E-state index in [1.54, 1.807) is 0 Å². The fourth-order valence-electron chi connectivity index (χ4n) is 7.81. The van der Waals surface area contributed by atoms with Crippen LogP contribution in [0.3, 0.4) is 0 Å². The van der Waals surface area contributed by atoms with Crippen LogP contribution in [0, 0.1) is 11.8 Å². The summed E-state index contributed by atoms with van der Waals surface area (Å²) in [5.74, 6) is 0.736. The van der Waals surface area contributed by atoms with Crippen molar-refractivity contribution in [2.75, 3.05) is 13.2 Å². The summed E-state index contributed by atoms with van der Waals surface area (Å²) in [5, 5.41) is 0. The Balaban J connectivity index is 4.27. The van der Waals surface area contributed by atoms with Crippen LogP contribution < -0.4 is 0 Å². The van der Waals surface area contributed by atoms with E-state index in [9.17, 15) is 14.4 Å². The summed E-state index contributed by atoms with van der Waals surface area (Å²) in [7, 11) is 0. The fraction of sp³-hybridized carbons (Fsp3) is 0.942. The molecule has 0 aromatic heterocycles. The first-order valence-electron chi connectivity index (χ1n) is 25.7. The lowest BCUT2D eigenvalue weighted by Crippen LogP contribution is -2.30. The van der Waals surface area contributed by atoms with E-state index in [0.29, 0.717) is 19.3 Å². The Morgan fingerprint density at radius 2 is 0.569 bits per heavy atom. The minimum Gasteiger partial charge on any atom is -0.462 e. The molecule has 0 aromatic rings. The van der Waals surface area contributed by atoms with Crippen molar-refractivity contribution in [2.24, 2.45) is 11.8 Å². The van der Waals surface area contributed by atoms with Crippen LogP contribution in [0.25, 0.3) is 0 Å². The molecule has 344 valence electrons. The summed E-state index contributed by atoms with van der Waals surface area (Å²) in [5.41, 5.74) is 0. The molecule has 0 unspecified atom stereocenters. The number of hydrogen-bond acceptors (Lipinski definition) is 6. The Kier molecular flexibility index (Phi) is 43.7. The van der Waals surface area contributed by atoms with Gasteiger partial charge in [0, 0.05) is 19.3 Å². The Morgan fingerprint density at radius 1 is 0.328 bits per heavy atom. The van der Waals surface area contributed by atoms with Crippen molar-refractivity contribution in [3.63, 3.8) is 0 Å². The van der Waals surface area contributed by atoms with E-state index in [-0.39, 0.29) is 31.1 Å². The summed E-state index contributed by atoms with van der Waals surface area (Å²) >= 11 is 0. The van der Waals surface area contributed by atoms with Gasteiger partial charge in [-0.05, 0) is 31.1 Å². The Labute approximate surface area is 361 Å². The highest BCUT2D eigenvalue weighted by Crippen LogP contribution is 2.17. The molecule has 0 saturated carbocycles. The molecule has 0 N–H and O–H groups in total. The van der Waals surface area contributed by atoms with E-state index in [1.165, 1.54) is 173 Å². The third-order valence-corrected chi connectivity index (χ3v) is 11.7. The molecule has 0 rings (SSSR count). The summed E-state index contributed by atoms with van der Waals surface area (Å²) in [6, 6.07) is 0. The van der Waals surface area contributed by atoms with E-state index in [4.69, 9.17) is 14.2 Å². The zero-order chi connectivity index (χ0) is 42.6. The molecular formula is C52H100O6. The van der Waals surface area contributed by atoms with Gasteiger partial charge in [-0.15, -0.1) is 0 Å². The number of ether oxygens (including phenoxy) is 3. The second-order valence-corrected chi connectivity index (χ2v) is 18.8. The lowest BCUT2D eigenvalue weighted by Gasteiger charge is -2.18. The molecule has 58 heavy (non-hydrogen) atoms. The second kappa shape index (κ2) is 44.9. The summed E-state index contributed by atoms with van der Waals surface area (Å²) in [6.45, 7) is 11.3. The van der Waals surface area contributed by atoms with Crippen LogP contribution in [-0.4, -0.2) is 37.2 Å². The molecule has 0 fully saturated rings. The van der Waals surface area contributed by atoms with Crippen molar-refractivity contribution in [3.05, 3.63) is 0 Å². The second-order valence-electron chi connectivity index (χ2n) is 18.8. The van der Waals surface area contributed by atoms with E-state index in [1.807, 2.05) is 0 Å². The quantitative estimate of drug-likeness (QED) is 0.0346. The Morgan fingerprint density at radius 3 is 0.845 bits per heavy atom. The molecule has 0 spiro atoms. The molecule has 0 radical (unpaired) electrons. The van der Waals surface area contributed by atoms with Gasteiger partial charge in [0.05, 0.1) is 0 Å². The molecule has 0 bridgehead atoms. The average Bonchev–Trinajstić information content (AvgIpc) is 3.19. The highest BCUT2D eigenvalue weighted by Gasteiger charge is 2.19. The summed E-state index contributed by atoms with van der Waals surface area (Å²) < 4.78 is 16.8. The standard InChI is InChI=1S/C52H100O6/c1-6-7-8-9-10-11-12-13-14-15-16-17-20-24-27-34-39-44-52(55)58-49(46-57-51(54)43-38-33-29-28-31-36-41-48(4)5)45-56-50(53)42-37-32-26-23-21-18-19-22-25-30-35-40-47(2)3/h47-49H,6-46H2,1-5H3/t49-/m0/s1. The maximum Gasteiger partial charge on any atom is 0.306 e.